The number of aromatic nitrogens is 3. The van der Waals surface area contributed by atoms with Gasteiger partial charge < -0.3 is 4.42 Å². The first-order valence-corrected chi connectivity index (χ1v) is 7.52. The summed E-state index contributed by atoms with van der Waals surface area (Å²) in [6.07, 6.45) is 4.34. The largest absolute Gasteiger partial charge is 0.431 e. The smallest absolute Gasteiger partial charge is 0.306 e. The maximum absolute atomic E-state index is 10.6. The maximum atomic E-state index is 10.6. The van der Waals surface area contributed by atoms with Gasteiger partial charge in [-0.25, -0.2) is 4.98 Å². The van der Waals surface area contributed by atoms with Crippen LogP contribution < -0.4 is 0 Å². The molecule has 3 rings (SSSR count). The lowest BCUT2D eigenvalue weighted by Gasteiger charge is -1.98. The predicted octanol–water partition coefficient (Wildman–Crippen LogP) is 3.24. The highest BCUT2D eigenvalue weighted by atomic mass is 32.2. The zero-order valence-electron chi connectivity index (χ0n) is 11.5. The Morgan fingerprint density at radius 3 is 2.82 bits per heavy atom. The number of rotatable bonds is 6. The lowest BCUT2D eigenvalue weighted by Crippen LogP contribution is -2.00. The van der Waals surface area contributed by atoms with Gasteiger partial charge in [0, 0.05) is 11.3 Å². The molecule has 0 saturated carbocycles. The van der Waals surface area contributed by atoms with Gasteiger partial charge in [-0.2, -0.15) is 5.10 Å². The molecule has 0 bridgehead atoms. The van der Waals surface area contributed by atoms with E-state index in [1.807, 2.05) is 30.3 Å². The molecule has 22 heavy (non-hydrogen) atoms. The lowest BCUT2D eigenvalue weighted by molar-refractivity contribution is -0.385. The van der Waals surface area contributed by atoms with Gasteiger partial charge >= 0.3 is 5.69 Å². The zero-order valence-corrected chi connectivity index (χ0v) is 12.3. The van der Waals surface area contributed by atoms with Gasteiger partial charge in [0.15, 0.2) is 5.76 Å². The maximum Gasteiger partial charge on any atom is 0.306 e. The van der Waals surface area contributed by atoms with Crippen LogP contribution in [0.2, 0.25) is 0 Å². The van der Waals surface area contributed by atoms with Crippen LogP contribution in [0.3, 0.4) is 0 Å². The Hall–Kier alpha value is -2.61. The molecule has 0 atom stereocenters. The number of aryl methyl sites for hydroxylation is 1. The number of thioether (sulfide) groups is 1. The summed E-state index contributed by atoms with van der Waals surface area (Å²) in [5.74, 6) is 1.38. The van der Waals surface area contributed by atoms with Crippen molar-refractivity contribution >= 4 is 17.4 Å². The van der Waals surface area contributed by atoms with Crippen LogP contribution in [0, 0.1) is 10.1 Å². The van der Waals surface area contributed by atoms with E-state index in [-0.39, 0.29) is 5.69 Å². The fraction of sp³-hybridized carbons (Fsp3) is 0.143. The minimum Gasteiger partial charge on any atom is -0.431 e. The molecule has 0 aliphatic heterocycles. The Morgan fingerprint density at radius 1 is 1.27 bits per heavy atom. The van der Waals surface area contributed by atoms with Gasteiger partial charge in [-0.1, -0.05) is 42.1 Å². The van der Waals surface area contributed by atoms with E-state index in [0.29, 0.717) is 17.5 Å². The van der Waals surface area contributed by atoms with Crippen molar-refractivity contribution in [3.05, 3.63) is 59.0 Å². The molecule has 3 aromatic rings. The highest BCUT2D eigenvalue weighted by Gasteiger charge is 2.10. The molecule has 0 spiro atoms. The van der Waals surface area contributed by atoms with E-state index in [2.05, 4.69) is 10.1 Å². The summed E-state index contributed by atoms with van der Waals surface area (Å²) in [7, 11) is 0. The molecule has 8 heteroatoms. The molecule has 7 nitrogen and oxygen atoms in total. The van der Waals surface area contributed by atoms with Crippen molar-refractivity contribution in [2.45, 2.75) is 11.8 Å². The molecule has 2 heterocycles. The third-order valence-corrected chi connectivity index (χ3v) is 3.74. The molecule has 0 radical (unpaired) electrons. The van der Waals surface area contributed by atoms with E-state index in [9.17, 15) is 10.1 Å². The van der Waals surface area contributed by atoms with Crippen molar-refractivity contribution in [1.29, 1.82) is 0 Å². The molecule has 0 aliphatic rings. The normalized spacial score (nSPS) is 10.7. The number of nitro groups is 1. The van der Waals surface area contributed by atoms with Crippen LogP contribution in [-0.2, 0) is 6.54 Å². The Morgan fingerprint density at radius 2 is 2.09 bits per heavy atom. The highest BCUT2D eigenvalue weighted by molar-refractivity contribution is 7.99. The topological polar surface area (TPSA) is 87.0 Å². The molecule has 0 unspecified atom stereocenters. The molecule has 1 aromatic carbocycles. The first-order valence-electron chi connectivity index (χ1n) is 6.53. The summed E-state index contributed by atoms with van der Waals surface area (Å²) in [4.78, 5) is 14.3. The number of hydrogen-bond acceptors (Lipinski definition) is 6. The van der Waals surface area contributed by atoms with E-state index < -0.39 is 4.92 Å². The van der Waals surface area contributed by atoms with E-state index in [1.54, 1.807) is 6.20 Å². The van der Waals surface area contributed by atoms with Gasteiger partial charge in [0.05, 0.1) is 17.7 Å². The van der Waals surface area contributed by atoms with Crippen molar-refractivity contribution in [3.63, 3.8) is 0 Å². The number of hydrogen-bond donors (Lipinski definition) is 0. The van der Waals surface area contributed by atoms with Crippen LogP contribution in [0.5, 0.6) is 0 Å². The molecular formula is C14H12N4O3S. The van der Waals surface area contributed by atoms with Crippen LogP contribution in [0.4, 0.5) is 5.69 Å². The number of nitrogens with zero attached hydrogens (tertiary/aromatic N) is 4. The van der Waals surface area contributed by atoms with Gasteiger partial charge in [0.1, 0.15) is 12.4 Å². The molecule has 2 aromatic heterocycles. The van der Waals surface area contributed by atoms with Crippen molar-refractivity contribution in [3.8, 4) is 11.3 Å². The fourth-order valence-electron chi connectivity index (χ4n) is 1.86. The lowest BCUT2D eigenvalue weighted by atomic mass is 10.2. The average molecular weight is 316 g/mol. The summed E-state index contributed by atoms with van der Waals surface area (Å²) in [5.41, 5.74) is 0.969. The second-order valence-electron chi connectivity index (χ2n) is 4.42. The van der Waals surface area contributed by atoms with Gasteiger partial charge in [-0.05, 0) is 0 Å². The minimum atomic E-state index is -0.461. The Kier molecular flexibility index (Phi) is 4.19. The van der Waals surface area contributed by atoms with Gasteiger partial charge in [0.2, 0.25) is 0 Å². The average Bonchev–Trinajstić information content (AvgIpc) is 3.18. The second kappa shape index (κ2) is 6.44. The number of benzene rings is 1. The predicted molar refractivity (Wildman–Crippen MR) is 81.5 cm³/mol. The Labute approximate surface area is 130 Å². The van der Waals surface area contributed by atoms with Crippen molar-refractivity contribution in [1.82, 2.24) is 14.8 Å². The van der Waals surface area contributed by atoms with Crippen LogP contribution in [0.25, 0.3) is 11.3 Å². The standard InChI is InChI=1S/C14H12N4O3S/c19-18(20)12-8-16-17(10-12)6-7-22-14-15-9-13(21-14)11-4-2-1-3-5-11/h1-5,8-10H,6-7H2. The third-order valence-electron chi connectivity index (χ3n) is 2.92. The van der Waals surface area contributed by atoms with Crippen LogP contribution in [0.15, 0.2) is 58.6 Å². The summed E-state index contributed by atoms with van der Waals surface area (Å²) in [6, 6.07) is 9.74. The van der Waals surface area contributed by atoms with Gasteiger partial charge in [0.25, 0.3) is 5.22 Å². The first-order chi connectivity index (χ1) is 10.7. The molecule has 0 amide bonds. The van der Waals surface area contributed by atoms with Gasteiger partial charge in [-0.3, -0.25) is 14.8 Å². The monoisotopic (exact) mass is 316 g/mol. The van der Waals surface area contributed by atoms with Crippen LogP contribution >= 0.6 is 11.8 Å². The second-order valence-corrected chi connectivity index (χ2v) is 5.47. The summed E-state index contributed by atoms with van der Waals surface area (Å²) in [6.45, 7) is 0.543. The summed E-state index contributed by atoms with van der Waals surface area (Å²) in [5, 5.41) is 15.1. The summed E-state index contributed by atoms with van der Waals surface area (Å²) < 4.78 is 7.20. The van der Waals surface area contributed by atoms with E-state index in [0.717, 1.165) is 11.3 Å². The highest BCUT2D eigenvalue weighted by Crippen LogP contribution is 2.25. The zero-order chi connectivity index (χ0) is 15.4. The SMILES string of the molecule is O=[N+]([O-])c1cnn(CCSc2ncc(-c3ccccc3)o2)c1. The van der Waals surface area contributed by atoms with Crippen LogP contribution in [0.1, 0.15) is 0 Å². The third kappa shape index (κ3) is 3.34. The fourth-order valence-corrected chi connectivity index (χ4v) is 2.59. The molecule has 0 saturated heterocycles. The summed E-state index contributed by atoms with van der Waals surface area (Å²) >= 11 is 1.44. The first kappa shape index (κ1) is 14.3. The molecule has 0 N–H and O–H groups in total. The quantitative estimate of drug-likeness (QED) is 0.394. The number of oxazole rings is 1. The molecule has 0 fully saturated rings. The molecule has 0 aliphatic carbocycles. The van der Waals surface area contributed by atoms with E-state index in [4.69, 9.17) is 4.42 Å². The Balaban J connectivity index is 1.56. The molecule has 112 valence electrons. The van der Waals surface area contributed by atoms with Crippen molar-refractivity contribution < 1.29 is 9.34 Å². The van der Waals surface area contributed by atoms with Crippen molar-refractivity contribution in [2.24, 2.45) is 0 Å². The van der Waals surface area contributed by atoms with E-state index in [1.165, 1.54) is 28.8 Å². The van der Waals surface area contributed by atoms with E-state index >= 15 is 0 Å². The van der Waals surface area contributed by atoms with Crippen molar-refractivity contribution in [2.75, 3.05) is 5.75 Å². The van der Waals surface area contributed by atoms with Gasteiger partial charge in [-0.15, -0.1) is 0 Å². The minimum absolute atomic E-state index is 0.00696. The molecular weight excluding hydrogens is 304 g/mol. The van der Waals surface area contributed by atoms with Crippen LogP contribution in [-0.4, -0.2) is 25.4 Å². The Bertz CT molecular complexity index is 769.